The molecule has 2 nitrogen and oxygen atoms in total. The highest BCUT2D eigenvalue weighted by Gasteiger charge is 2.32. The fraction of sp³-hybridized carbons (Fsp3) is 0.235. The van der Waals surface area contributed by atoms with Gasteiger partial charge >= 0.3 is 0 Å². The lowest BCUT2D eigenvalue weighted by Gasteiger charge is -2.25. The van der Waals surface area contributed by atoms with Crippen LogP contribution in [0.2, 0.25) is 5.02 Å². The molecule has 0 spiro atoms. The van der Waals surface area contributed by atoms with Crippen LogP contribution in [0, 0.1) is 17.5 Å². The summed E-state index contributed by atoms with van der Waals surface area (Å²) in [6.07, 6.45) is 1.42. The van der Waals surface area contributed by atoms with Gasteiger partial charge in [-0.05, 0) is 42.7 Å². The van der Waals surface area contributed by atoms with Gasteiger partial charge in [-0.1, -0.05) is 23.7 Å². The van der Waals surface area contributed by atoms with E-state index in [2.05, 4.69) is 0 Å². The molecule has 2 aromatic rings. The van der Waals surface area contributed by atoms with Crippen LogP contribution >= 0.6 is 11.6 Å². The van der Waals surface area contributed by atoms with E-state index in [1.54, 1.807) is 12.1 Å². The van der Waals surface area contributed by atoms with Crippen LogP contribution in [0.1, 0.15) is 34.8 Å². The lowest BCUT2D eigenvalue weighted by Crippen LogP contribution is -2.31. The van der Waals surface area contributed by atoms with Crippen molar-refractivity contribution in [1.29, 1.82) is 0 Å². The van der Waals surface area contributed by atoms with Crippen LogP contribution in [0.15, 0.2) is 36.4 Å². The summed E-state index contributed by atoms with van der Waals surface area (Å²) in [5.74, 6) is -3.10. The number of hydrogen-bond donors (Lipinski definition) is 0. The second-order valence-electron chi connectivity index (χ2n) is 5.46. The van der Waals surface area contributed by atoms with E-state index in [0.717, 1.165) is 18.6 Å². The molecule has 1 heterocycles. The second-order valence-corrected chi connectivity index (χ2v) is 5.86. The summed E-state index contributed by atoms with van der Waals surface area (Å²) < 4.78 is 40.0. The topological polar surface area (TPSA) is 20.3 Å². The van der Waals surface area contributed by atoms with E-state index in [1.165, 1.54) is 17.0 Å². The number of halogens is 4. The summed E-state index contributed by atoms with van der Waals surface area (Å²) in [4.78, 5) is 14.2. The second kappa shape index (κ2) is 6.24. The monoisotopic (exact) mass is 339 g/mol. The molecule has 0 aliphatic carbocycles. The summed E-state index contributed by atoms with van der Waals surface area (Å²) in [6, 6.07) is 7.32. The molecule has 1 atom stereocenters. The van der Waals surface area contributed by atoms with Gasteiger partial charge in [-0.2, -0.15) is 0 Å². The average Bonchev–Trinajstić information content (AvgIpc) is 3.00. The number of benzene rings is 2. The molecule has 0 N–H and O–H groups in total. The molecular formula is C17H13ClF3NO. The molecular weight excluding hydrogens is 327 g/mol. The normalized spacial score (nSPS) is 17.6. The van der Waals surface area contributed by atoms with Crippen molar-refractivity contribution in [2.75, 3.05) is 6.54 Å². The molecule has 3 rings (SSSR count). The zero-order valence-electron chi connectivity index (χ0n) is 12.0. The first kappa shape index (κ1) is 15.9. The van der Waals surface area contributed by atoms with Crippen molar-refractivity contribution in [2.24, 2.45) is 0 Å². The smallest absolute Gasteiger partial charge is 0.255 e. The van der Waals surface area contributed by atoms with Crippen molar-refractivity contribution in [3.63, 3.8) is 0 Å². The van der Waals surface area contributed by atoms with Crippen LogP contribution in [-0.4, -0.2) is 17.4 Å². The summed E-state index contributed by atoms with van der Waals surface area (Å²) >= 11 is 5.88. The number of hydrogen-bond acceptors (Lipinski definition) is 1. The highest BCUT2D eigenvalue weighted by Crippen LogP contribution is 2.34. The van der Waals surface area contributed by atoms with Crippen molar-refractivity contribution in [3.8, 4) is 0 Å². The third-order valence-electron chi connectivity index (χ3n) is 3.99. The molecule has 120 valence electrons. The minimum Gasteiger partial charge on any atom is -0.332 e. The molecule has 1 amide bonds. The number of carbonyl (C=O) groups excluding carboxylic acids is 1. The SMILES string of the molecule is O=C(c1cc(F)c(F)cc1Cl)N1CCC[C@@H]1c1cccc(F)c1. The van der Waals surface area contributed by atoms with Crippen LogP contribution in [-0.2, 0) is 0 Å². The predicted octanol–water partition coefficient (Wildman–Crippen LogP) is 4.73. The Balaban J connectivity index is 1.94. The first-order valence-corrected chi connectivity index (χ1v) is 7.56. The zero-order chi connectivity index (χ0) is 16.6. The van der Waals surface area contributed by atoms with E-state index >= 15 is 0 Å². The molecule has 6 heteroatoms. The molecule has 1 fully saturated rings. The first-order chi connectivity index (χ1) is 11.0. The molecule has 0 aromatic heterocycles. The van der Waals surface area contributed by atoms with Gasteiger partial charge in [0.15, 0.2) is 11.6 Å². The Morgan fingerprint density at radius 1 is 1.13 bits per heavy atom. The van der Waals surface area contributed by atoms with E-state index in [1.807, 2.05) is 0 Å². The fourth-order valence-corrected chi connectivity index (χ4v) is 3.14. The van der Waals surface area contributed by atoms with Crippen LogP contribution in [0.3, 0.4) is 0 Å². The van der Waals surface area contributed by atoms with Crippen molar-refractivity contribution >= 4 is 17.5 Å². The maximum atomic E-state index is 13.4. The predicted molar refractivity (Wildman–Crippen MR) is 80.8 cm³/mol. The number of carbonyl (C=O) groups is 1. The largest absolute Gasteiger partial charge is 0.332 e. The Bertz CT molecular complexity index is 765. The summed E-state index contributed by atoms with van der Waals surface area (Å²) in [5.41, 5.74) is 0.587. The van der Waals surface area contributed by atoms with Crippen molar-refractivity contribution < 1.29 is 18.0 Å². The molecule has 1 saturated heterocycles. The van der Waals surface area contributed by atoms with Crippen LogP contribution in [0.4, 0.5) is 13.2 Å². The quantitative estimate of drug-likeness (QED) is 0.724. The van der Waals surface area contributed by atoms with Crippen LogP contribution in [0.5, 0.6) is 0 Å². The minimum absolute atomic E-state index is 0.0890. The summed E-state index contributed by atoms with van der Waals surface area (Å²) in [5, 5.41) is -0.140. The van der Waals surface area contributed by atoms with Crippen LogP contribution in [0.25, 0.3) is 0 Å². The number of rotatable bonds is 2. The Morgan fingerprint density at radius 3 is 2.61 bits per heavy atom. The lowest BCUT2D eigenvalue weighted by atomic mass is 10.0. The lowest BCUT2D eigenvalue weighted by molar-refractivity contribution is 0.0735. The van der Waals surface area contributed by atoms with Crippen molar-refractivity contribution in [2.45, 2.75) is 18.9 Å². The van der Waals surface area contributed by atoms with Gasteiger partial charge in [0.05, 0.1) is 16.6 Å². The third kappa shape index (κ3) is 3.06. The number of amides is 1. The van der Waals surface area contributed by atoms with Crippen molar-refractivity contribution in [3.05, 3.63) is 70.0 Å². The summed E-state index contributed by atoms with van der Waals surface area (Å²) in [6.45, 7) is 0.454. The molecule has 1 aliphatic heterocycles. The van der Waals surface area contributed by atoms with Gasteiger partial charge in [0.1, 0.15) is 5.82 Å². The molecule has 0 radical (unpaired) electrons. The fourth-order valence-electron chi connectivity index (χ4n) is 2.91. The molecule has 0 unspecified atom stereocenters. The molecule has 23 heavy (non-hydrogen) atoms. The maximum Gasteiger partial charge on any atom is 0.255 e. The van der Waals surface area contributed by atoms with E-state index in [9.17, 15) is 18.0 Å². The zero-order valence-corrected chi connectivity index (χ0v) is 12.8. The van der Waals surface area contributed by atoms with E-state index < -0.39 is 17.5 Å². The van der Waals surface area contributed by atoms with Gasteiger partial charge in [0.25, 0.3) is 5.91 Å². The molecule has 0 saturated carbocycles. The van der Waals surface area contributed by atoms with Crippen LogP contribution < -0.4 is 0 Å². The number of nitrogens with zero attached hydrogens (tertiary/aromatic N) is 1. The highest BCUT2D eigenvalue weighted by molar-refractivity contribution is 6.33. The first-order valence-electron chi connectivity index (χ1n) is 7.18. The third-order valence-corrected chi connectivity index (χ3v) is 4.30. The van der Waals surface area contributed by atoms with Gasteiger partial charge in [-0.3, -0.25) is 4.79 Å². The van der Waals surface area contributed by atoms with E-state index in [4.69, 9.17) is 11.6 Å². The molecule has 2 aromatic carbocycles. The van der Waals surface area contributed by atoms with Gasteiger partial charge in [-0.25, -0.2) is 13.2 Å². The average molecular weight is 340 g/mol. The molecule has 1 aliphatic rings. The minimum atomic E-state index is -1.13. The summed E-state index contributed by atoms with van der Waals surface area (Å²) in [7, 11) is 0. The Labute approximate surface area is 136 Å². The van der Waals surface area contributed by atoms with Gasteiger partial charge < -0.3 is 4.90 Å². The Morgan fingerprint density at radius 2 is 1.87 bits per heavy atom. The Hall–Kier alpha value is -2.01. The van der Waals surface area contributed by atoms with Crippen molar-refractivity contribution in [1.82, 2.24) is 4.90 Å². The van der Waals surface area contributed by atoms with E-state index in [-0.39, 0.29) is 22.4 Å². The molecule has 0 bridgehead atoms. The number of likely N-dealkylation sites (tertiary alicyclic amines) is 1. The van der Waals surface area contributed by atoms with Gasteiger partial charge in [0.2, 0.25) is 0 Å². The maximum absolute atomic E-state index is 13.4. The van der Waals surface area contributed by atoms with E-state index in [0.29, 0.717) is 18.5 Å². The Kier molecular flexibility index (Phi) is 4.31. The highest BCUT2D eigenvalue weighted by atomic mass is 35.5. The van der Waals surface area contributed by atoms with Gasteiger partial charge in [-0.15, -0.1) is 0 Å². The van der Waals surface area contributed by atoms with Gasteiger partial charge in [0, 0.05) is 6.54 Å². The standard InChI is InChI=1S/C17H13ClF3NO/c18-13-9-15(21)14(20)8-12(13)17(23)22-6-2-5-16(22)10-3-1-4-11(19)7-10/h1,3-4,7-9,16H,2,5-6H2/t16-/m1/s1.